The number of amides is 1. The molecule has 0 spiro atoms. The van der Waals surface area contributed by atoms with Crippen LogP contribution in [0.3, 0.4) is 0 Å². The van der Waals surface area contributed by atoms with Crippen LogP contribution in [0.4, 0.5) is 11.5 Å². The van der Waals surface area contributed by atoms with E-state index in [1.54, 1.807) is 25.3 Å². The Morgan fingerprint density at radius 3 is 2.43 bits per heavy atom. The lowest BCUT2D eigenvalue weighted by molar-refractivity contribution is 0.102. The first kappa shape index (κ1) is 19.9. The van der Waals surface area contributed by atoms with Gasteiger partial charge in [0.2, 0.25) is 0 Å². The summed E-state index contributed by atoms with van der Waals surface area (Å²) in [6.45, 7) is 1.91. The van der Waals surface area contributed by atoms with Crippen LogP contribution in [0.25, 0.3) is 0 Å². The Hall–Kier alpha value is -3.41. The van der Waals surface area contributed by atoms with Crippen molar-refractivity contribution in [3.05, 3.63) is 78.0 Å². The number of benzene rings is 2. The number of ether oxygens (including phenoxy) is 1. The summed E-state index contributed by atoms with van der Waals surface area (Å²) < 4.78 is 5.27. The molecule has 4 rings (SSSR count). The highest BCUT2D eigenvalue weighted by Gasteiger charge is 2.21. The van der Waals surface area contributed by atoms with Gasteiger partial charge in [-0.3, -0.25) is 4.79 Å². The van der Waals surface area contributed by atoms with E-state index < -0.39 is 0 Å². The average Bonchev–Trinajstić information content (AvgIpc) is 2.81. The fourth-order valence-electron chi connectivity index (χ4n) is 3.86. The maximum absolute atomic E-state index is 12.5. The van der Waals surface area contributed by atoms with Crippen LogP contribution < -0.4 is 15.0 Å². The third-order valence-electron chi connectivity index (χ3n) is 5.54. The predicted octanol–water partition coefficient (Wildman–Crippen LogP) is 4.20. The molecule has 2 heterocycles. The third-order valence-corrected chi connectivity index (χ3v) is 5.54. The molecule has 0 bridgehead atoms. The first-order valence-electron chi connectivity index (χ1n) is 10.3. The molecule has 1 aromatic heterocycles. The van der Waals surface area contributed by atoms with Crippen molar-refractivity contribution >= 4 is 17.4 Å². The molecule has 154 valence electrons. The van der Waals surface area contributed by atoms with Crippen LogP contribution in [0, 0.1) is 5.92 Å². The zero-order chi connectivity index (χ0) is 20.8. The van der Waals surface area contributed by atoms with Crippen LogP contribution >= 0.6 is 0 Å². The smallest absolute Gasteiger partial charge is 0.276 e. The molecule has 1 saturated heterocycles. The highest BCUT2D eigenvalue weighted by molar-refractivity contribution is 6.03. The molecule has 6 nitrogen and oxygen atoms in total. The second-order valence-corrected chi connectivity index (χ2v) is 7.55. The largest absolute Gasteiger partial charge is 0.495 e. The number of anilines is 2. The predicted molar refractivity (Wildman–Crippen MR) is 118 cm³/mol. The lowest BCUT2D eigenvalue weighted by Gasteiger charge is -2.32. The van der Waals surface area contributed by atoms with Crippen LogP contribution in [0.5, 0.6) is 5.75 Å². The molecule has 6 heteroatoms. The van der Waals surface area contributed by atoms with E-state index in [9.17, 15) is 4.79 Å². The zero-order valence-electron chi connectivity index (χ0n) is 17.1. The molecule has 1 amide bonds. The number of rotatable bonds is 6. The lowest BCUT2D eigenvalue weighted by atomic mass is 9.90. The van der Waals surface area contributed by atoms with Gasteiger partial charge in [-0.05, 0) is 55.0 Å². The van der Waals surface area contributed by atoms with Gasteiger partial charge in [0.25, 0.3) is 5.91 Å². The number of para-hydroxylation sites is 2. The second-order valence-electron chi connectivity index (χ2n) is 7.55. The Balaban J connectivity index is 1.33. The SMILES string of the molecule is COc1ccccc1NC(=O)c1ccc(N2CCC(Cc3ccccc3)CC2)nn1. The van der Waals surface area contributed by atoms with Crippen molar-refractivity contribution in [3.63, 3.8) is 0 Å². The molecular weight excluding hydrogens is 376 g/mol. The van der Waals surface area contributed by atoms with Crippen molar-refractivity contribution in [2.24, 2.45) is 5.92 Å². The summed E-state index contributed by atoms with van der Waals surface area (Å²) in [5.41, 5.74) is 2.29. The molecule has 30 heavy (non-hydrogen) atoms. The van der Waals surface area contributed by atoms with Gasteiger partial charge in [-0.15, -0.1) is 10.2 Å². The minimum atomic E-state index is -0.305. The summed E-state index contributed by atoms with van der Waals surface area (Å²) in [7, 11) is 1.57. The average molecular weight is 402 g/mol. The Kier molecular flexibility index (Phi) is 6.23. The molecule has 0 aliphatic carbocycles. The van der Waals surface area contributed by atoms with Gasteiger partial charge in [0.1, 0.15) is 5.75 Å². The lowest BCUT2D eigenvalue weighted by Crippen LogP contribution is -2.35. The van der Waals surface area contributed by atoms with Gasteiger partial charge in [0, 0.05) is 13.1 Å². The normalized spacial score (nSPS) is 14.4. The minimum absolute atomic E-state index is 0.281. The number of carbonyl (C=O) groups excluding carboxylic acids is 1. The van der Waals surface area contributed by atoms with Crippen molar-refractivity contribution < 1.29 is 9.53 Å². The van der Waals surface area contributed by atoms with E-state index in [-0.39, 0.29) is 11.6 Å². The molecule has 2 aromatic carbocycles. The van der Waals surface area contributed by atoms with Gasteiger partial charge in [-0.25, -0.2) is 0 Å². The fourth-order valence-corrected chi connectivity index (χ4v) is 3.86. The van der Waals surface area contributed by atoms with Gasteiger partial charge in [0.05, 0.1) is 12.8 Å². The van der Waals surface area contributed by atoms with E-state index in [2.05, 4.69) is 50.7 Å². The van der Waals surface area contributed by atoms with E-state index in [0.717, 1.165) is 38.2 Å². The van der Waals surface area contributed by atoms with Gasteiger partial charge in [0.15, 0.2) is 11.5 Å². The van der Waals surface area contributed by atoms with Crippen molar-refractivity contribution in [3.8, 4) is 5.75 Å². The first-order valence-corrected chi connectivity index (χ1v) is 10.3. The van der Waals surface area contributed by atoms with Crippen LogP contribution in [-0.2, 0) is 6.42 Å². The number of carbonyl (C=O) groups is 1. The Labute approximate surface area is 176 Å². The quantitative estimate of drug-likeness (QED) is 0.669. The molecular formula is C24H26N4O2. The summed E-state index contributed by atoms with van der Waals surface area (Å²) >= 11 is 0. The zero-order valence-corrected chi connectivity index (χ0v) is 17.1. The number of hydrogen-bond donors (Lipinski definition) is 1. The van der Waals surface area contributed by atoms with E-state index in [0.29, 0.717) is 17.4 Å². The Morgan fingerprint density at radius 2 is 1.73 bits per heavy atom. The molecule has 3 aromatic rings. The van der Waals surface area contributed by atoms with Crippen LogP contribution in [0.1, 0.15) is 28.9 Å². The summed E-state index contributed by atoms with van der Waals surface area (Å²) in [5.74, 6) is 1.82. The highest BCUT2D eigenvalue weighted by atomic mass is 16.5. The molecule has 1 N–H and O–H groups in total. The van der Waals surface area contributed by atoms with Gasteiger partial charge in [-0.1, -0.05) is 42.5 Å². The number of nitrogens with zero attached hydrogens (tertiary/aromatic N) is 3. The van der Waals surface area contributed by atoms with E-state index in [4.69, 9.17) is 4.74 Å². The second kappa shape index (κ2) is 9.39. The highest BCUT2D eigenvalue weighted by Crippen LogP contribution is 2.25. The molecule has 1 aliphatic rings. The fraction of sp³-hybridized carbons (Fsp3) is 0.292. The van der Waals surface area contributed by atoms with E-state index in [1.807, 2.05) is 18.2 Å². The molecule has 0 saturated carbocycles. The molecule has 0 unspecified atom stereocenters. The molecule has 0 atom stereocenters. The number of piperidine rings is 1. The summed E-state index contributed by atoms with van der Waals surface area (Å²) in [5, 5.41) is 11.3. The first-order chi connectivity index (χ1) is 14.7. The Morgan fingerprint density at radius 1 is 1.00 bits per heavy atom. The van der Waals surface area contributed by atoms with Crippen LogP contribution in [0.15, 0.2) is 66.7 Å². The molecule has 1 aliphatic heterocycles. The summed E-state index contributed by atoms with van der Waals surface area (Å²) in [6, 6.07) is 21.6. The molecule has 0 radical (unpaired) electrons. The van der Waals surface area contributed by atoms with Gasteiger partial charge < -0.3 is 15.0 Å². The molecule has 1 fully saturated rings. The van der Waals surface area contributed by atoms with Crippen molar-refractivity contribution in [1.82, 2.24) is 10.2 Å². The monoisotopic (exact) mass is 402 g/mol. The van der Waals surface area contributed by atoms with Crippen molar-refractivity contribution in [2.45, 2.75) is 19.3 Å². The summed E-state index contributed by atoms with van der Waals surface area (Å²) in [6.07, 6.45) is 3.39. The minimum Gasteiger partial charge on any atom is -0.495 e. The number of hydrogen-bond acceptors (Lipinski definition) is 5. The van der Waals surface area contributed by atoms with Gasteiger partial charge in [-0.2, -0.15) is 0 Å². The van der Waals surface area contributed by atoms with Crippen molar-refractivity contribution in [2.75, 3.05) is 30.4 Å². The number of aromatic nitrogens is 2. The van der Waals surface area contributed by atoms with Crippen LogP contribution in [-0.4, -0.2) is 36.3 Å². The third kappa shape index (κ3) is 4.76. The maximum atomic E-state index is 12.5. The standard InChI is InChI=1S/C24H26N4O2/c1-30-22-10-6-5-9-20(22)25-24(29)21-11-12-23(27-26-21)28-15-13-19(14-16-28)17-18-7-3-2-4-8-18/h2-12,19H,13-17H2,1H3,(H,25,29). The Bertz CT molecular complexity index is 968. The maximum Gasteiger partial charge on any atom is 0.276 e. The van der Waals surface area contributed by atoms with E-state index in [1.165, 1.54) is 5.56 Å². The van der Waals surface area contributed by atoms with E-state index >= 15 is 0 Å². The number of methoxy groups -OCH3 is 1. The van der Waals surface area contributed by atoms with Gasteiger partial charge >= 0.3 is 0 Å². The topological polar surface area (TPSA) is 67.3 Å². The van der Waals surface area contributed by atoms with Crippen LogP contribution in [0.2, 0.25) is 0 Å². The summed E-state index contributed by atoms with van der Waals surface area (Å²) in [4.78, 5) is 14.8. The number of nitrogens with one attached hydrogen (secondary N) is 1. The van der Waals surface area contributed by atoms with Crippen molar-refractivity contribution in [1.29, 1.82) is 0 Å².